The van der Waals surface area contributed by atoms with E-state index in [9.17, 15) is 0 Å². The highest BCUT2D eigenvalue weighted by atomic mass is 14.8. The molecule has 0 aliphatic heterocycles. The molecular formula is C9H12. The molecule has 6 fully saturated rings. The molecule has 6 saturated carbocycles. The van der Waals surface area contributed by atoms with E-state index in [-0.39, 0.29) is 0 Å². The molecule has 0 aromatic carbocycles. The summed E-state index contributed by atoms with van der Waals surface area (Å²) in [5.74, 6) is 5.05. The van der Waals surface area contributed by atoms with E-state index in [1.807, 2.05) is 0 Å². The van der Waals surface area contributed by atoms with Crippen LogP contribution in [0.5, 0.6) is 0 Å². The van der Waals surface area contributed by atoms with Crippen molar-refractivity contribution in [1.82, 2.24) is 0 Å². The zero-order chi connectivity index (χ0) is 5.64. The van der Waals surface area contributed by atoms with Crippen LogP contribution in [0.4, 0.5) is 0 Å². The first-order valence-corrected chi connectivity index (χ1v) is 4.41. The first kappa shape index (κ1) is 4.00. The maximum atomic E-state index is 1.66. The zero-order valence-electron chi connectivity index (χ0n) is 5.64. The minimum Gasteiger partial charge on any atom is -0.0493 e. The van der Waals surface area contributed by atoms with Crippen LogP contribution < -0.4 is 0 Å². The Labute approximate surface area is 55.6 Å². The molecule has 3 unspecified atom stereocenters. The van der Waals surface area contributed by atoms with Gasteiger partial charge in [0.05, 0.1) is 0 Å². The lowest BCUT2D eigenvalue weighted by Gasteiger charge is -2.52. The Kier molecular flexibility index (Phi) is 0.360. The summed E-state index contributed by atoms with van der Waals surface area (Å²) in [5.41, 5.74) is 0.986. The summed E-state index contributed by atoms with van der Waals surface area (Å²) in [6, 6.07) is 0. The average molecular weight is 120 g/mol. The molecule has 0 saturated heterocycles. The summed E-state index contributed by atoms with van der Waals surface area (Å²) >= 11 is 0. The topological polar surface area (TPSA) is 0 Å². The van der Waals surface area contributed by atoms with Gasteiger partial charge in [-0.1, -0.05) is 0 Å². The van der Waals surface area contributed by atoms with Crippen LogP contribution in [-0.2, 0) is 0 Å². The predicted octanol–water partition coefficient (Wildman–Crippen LogP) is 2.05. The molecule has 0 heterocycles. The van der Waals surface area contributed by atoms with Gasteiger partial charge in [0.25, 0.3) is 0 Å². The third-order valence-electron chi connectivity index (χ3n) is 4.99. The summed E-state index contributed by atoms with van der Waals surface area (Å²) in [6.07, 6.45) is 6.55. The second-order valence-corrected chi connectivity index (χ2v) is 4.83. The molecule has 0 N–H and O–H groups in total. The Hall–Kier alpha value is 0. The van der Waals surface area contributed by atoms with Crippen molar-refractivity contribution in [1.29, 1.82) is 0 Å². The zero-order valence-corrected chi connectivity index (χ0v) is 5.64. The highest BCUT2D eigenvalue weighted by molar-refractivity contribution is 5.26. The van der Waals surface area contributed by atoms with Crippen molar-refractivity contribution in [3.63, 3.8) is 0 Å². The van der Waals surface area contributed by atoms with Crippen molar-refractivity contribution in [3.05, 3.63) is 0 Å². The van der Waals surface area contributed by atoms with E-state index in [0.717, 1.165) is 5.41 Å². The highest BCUT2D eigenvalue weighted by Gasteiger charge is 2.78. The highest BCUT2D eigenvalue weighted by Crippen LogP contribution is 2.85. The lowest BCUT2D eigenvalue weighted by molar-refractivity contribution is -0.0483. The molecule has 48 valence electrons. The van der Waals surface area contributed by atoms with E-state index in [4.69, 9.17) is 0 Å². The molecule has 5 atom stereocenters. The summed E-state index contributed by atoms with van der Waals surface area (Å²) in [5, 5.41) is 0. The maximum absolute atomic E-state index is 1.66. The second-order valence-electron chi connectivity index (χ2n) is 4.83. The van der Waals surface area contributed by atoms with Gasteiger partial charge in [-0.2, -0.15) is 0 Å². The van der Waals surface area contributed by atoms with Gasteiger partial charge in [-0.05, 0) is 54.8 Å². The Balaban J connectivity index is 2.03. The molecular weight excluding hydrogens is 108 g/mol. The van der Waals surface area contributed by atoms with E-state index in [1.165, 1.54) is 23.7 Å². The molecule has 6 aliphatic carbocycles. The van der Waals surface area contributed by atoms with Crippen molar-refractivity contribution < 1.29 is 0 Å². The molecule has 6 rings (SSSR count). The summed E-state index contributed by atoms with van der Waals surface area (Å²) in [4.78, 5) is 0. The van der Waals surface area contributed by atoms with E-state index >= 15 is 0 Å². The van der Waals surface area contributed by atoms with Crippen LogP contribution in [0.1, 0.15) is 25.7 Å². The van der Waals surface area contributed by atoms with Gasteiger partial charge in [0, 0.05) is 0 Å². The van der Waals surface area contributed by atoms with Gasteiger partial charge in [-0.3, -0.25) is 0 Å². The maximum Gasteiger partial charge on any atom is -0.0258 e. The summed E-state index contributed by atoms with van der Waals surface area (Å²) < 4.78 is 0. The van der Waals surface area contributed by atoms with Gasteiger partial charge >= 0.3 is 0 Å². The molecule has 0 aromatic heterocycles. The van der Waals surface area contributed by atoms with Crippen LogP contribution in [0, 0.1) is 29.1 Å². The summed E-state index contributed by atoms with van der Waals surface area (Å²) in [6.45, 7) is 0. The smallest absolute Gasteiger partial charge is 0.0258 e. The molecule has 0 amide bonds. The Morgan fingerprint density at radius 1 is 1.00 bits per heavy atom. The van der Waals surface area contributed by atoms with Gasteiger partial charge in [0.15, 0.2) is 0 Å². The molecule has 0 heteroatoms. The van der Waals surface area contributed by atoms with Gasteiger partial charge in [0.2, 0.25) is 0 Å². The minimum atomic E-state index is 0.986. The fourth-order valence-corrected chi connectivity index (χ4v) is 4.86. The fraction of sp³-hybridized carbons (Fsp3) is 1.00. The lowest BCUT2D eigenvalue weighted by Crippen LogP contribution is -2.47. The van der Waals surface area contributed by atoms with Gasteiger partial charge in [-0.15, -0.1) is 0 Å². The number of hydrogen-bond donors (Lipinski definition) is 0. The van der Waals surface area contributed by atoms with Crippen molar-refractivity contribution in [3.8, 4) is 0 Å². The number of rotatable bonds is 0. The van der Waals surface area contributed by atoms with Gasteiger partial charge in [-0.25, -0.2) is 0 Å². The van der Waals surface area contributed by atoms with E-state index in [2.05, 4.69) is 0 Å². The standard InChI is InChI=1S/C9H12/c1-2-9-3-6-5(1)8(9)7(6)4-9/h5-8H,1-4H2/t5-,6?,7?,8-,9?/m0/s1. The van der Waals surface area contributed by atoms with Gasteiger partial charge < -0.3 is 0 Å². The molecule has 6 aliphatic rings. The van der Waals surface area contributed by atoms with Crippen LogP contribution in [0.2, 0.25) is 0 Å². The quantitative estimate of drug-likeness (QED) is 0.459. The first-order valence-electron chi connectivity index (χ1n) is 4.41. The van der Waals surface area contributed by atoms with E-state index < -0.39 is 0 Å². The van der Waals surface area contributed by atoms with Crippen LogP contribution in [0.15, 0.2) is 0 Å². The second kappa shape index (κ2) is 0.810. The SMILES string of the molecule is C1CC23CC4C(C2)[C@H]1[C@@H]43. The lowest BCUT2D eigenvalue weighted by atomic mass is 9.52. The average Bonchev–Trinajstić information content (AvgIpc) is 2.39. The normalized spacial score (nSPS) is 80.0. The van der Waals surface area contributed by atoms with Crippen molar-refractivity contribution in [2.75, 3.05) is 0 Å². The van der Waals surface area contributed by atoms with E-state index in [0.29, 0.717) is 0 Å². The van der Waals surface area contributed by atoms with Crippen molar-refractivity contribution in [2.24, 2.45) is 29.1 Å². The molecule has 0 aromatic rings. The minimum absolute atomic E-state index is 0.986. The molecule has 0 nitrogen and oxygen atoms in total. The monoisotopic (exact) mass is 120 g/mol. The van der Waals surface area contributed by atoms with Crippen molar-refractivity contribution in [2.45, 2.75) is 25.7 Å². The first-order chi connectivity index (χ1) is 4.41. The molecule has 0 radical (unpaired) electrons. The fourth-order valence-electron chi connectivity index (χ4n) is 4.86. The Morgan fingerprint density at radius 2 is 1.89 bits per heavy atom. The number of hydrogen-bond acceptors (Lipinski definition) is 0. The van der Waals surface area contributed by atoms with Gasteiger partial charge in [0.1, 0.15) is 0 Å². The molecule has 9 heavy (non-hydrogen) atoms. The summed E-state index contributed by atoms with van der Waals surface area (Å²) in [7, 11) is 0. The molecule has 5 bridgehead atoms. The molecule has 1 spiro atoms. The van der Waals surface area contributed by atoms with Crippen LogP contribution >= 0.6 is 0 Å². The largest absolute Gasteiger partial charge is 0.0493 e. The van der Waals surface area contributed by atoms with Crippen LogP contribution in [0.3, 0.4) is 0 Å². The predicted molar refractivity (Wildman–Crippen MR) is 34.9 cm³/mol. The third-order valence-corrected chi connectivity index (χ3v) is 4.99. The van der Waals surface area contributed by atoms with E-state index in [1.54, 1.807) is 25.7 Å². The third kappa shape index (κ3) is 0.199. The Bertz CT molecular complexity index is 192. The van der Waals surface area contributed by atoms with Crippen LogP contribution in [0.25, 0.3) is 0 Å². The van der Waals surface area contributed by atoms with Crippen molar-refractivity contribution >= 4 is 0 Å². The van der Waals surface area contributed by atoms with Crippen LogP contribution in [-0.4, -0.2) is 0 Å². The Morgan fingerprint density at radius 3 is 2.44 bits per heavy atom.